The summed E-state index contributed by atoms with van der Waals surface area (Å²) < 4.78 is 5.17. The molecule has 0 aromatic heterocycles. The number of nitrogens with one attached hydrogen (secondary N) is 1. The van der Waals surface area contributed by atoms with E-state index in [0.29, 0.717) is 17.9 Å². The maximum absolute atomic E-state index is 11.6. The van der Waals surface area contributed by atoms with Crippen molar-refractivity contribution in [2.24, 2.45) is 0 Å². The zero-order chi connectivity index (χ0) is 13.5. The van der Waals surface area contributed by atoms with Crippen molar-refractivity contribution in [2.75, 3.05) is 6.54 Å². The van der Waals surface area contributed by atoms with Gasteiger partial charge in [-0.15, -0.1) is 6.58 Å². The molecular weight excluding hydrogens is 234 g/mol. The quantitative estimate of drug-likeness (QED) is 0.748. The molecule has 0 spiro atoms. The van der Waals surface area contributed by atoms with Crippen molar-refractivity contribution in [2.45, 2.75) is 13.0 Å². The van der Waals surface area contributed by atoms with Crippen LogP contribution in [0.1, 0.15) is 17.3 Å². The van der Waals surface area contributed by atoms with Gasteiger partial charge >= 0.3 is 5.97 Å². The van der Waals surface area contributed by atoms with E-state index in [1.165, 1.54) is 13.0 Å². The first-order valence-corrected chi connectivity index (χ1v) is 5.43. The molecule has 0 saturated carbocycles. The van der Waals surface area contributed by atoms with Gasteiger partial charge in [0.25, 0.3) is 5.91 Å². The van der Waals surface area contributed by atoms with Crippen LogP contribution in [0.3, 0.4) is 0 Å². The highest BCUT2D eigenvalue weighted by molar-refractivity contribution is 5.94. The van der Waals surface area contributed by atoms with Gasteiger partial charge in [-0.25, -0.2) is 4.79 Å². The van der Waals surface area contributed by atoms with Crippen LogP contribution in [0.25, 0.3) is 0 Å². The van der Waals surface area contributed by atoms with E-state index < -0.39 is 12.1 Å². The summed E-state index contributed by atoms with van der Waals surface area (Å²) in [6, 6.07) is 6.35. The summed E-state index contributed by atoms with van der Waals surface area (Å²) in [4.78, 5) is 22.3. The third-order valence-electron chi connectivity index (χ3n) is 2.16. The largest absolute Gasteiger partial charge is 0.479 e. The summed E-state index contributed by atoms with van der Waals surface area (Å²) in [6.45, 7) is 5.29. The lowest BCUT2D eigenvalue weighted by Crippen LogP contribution is -2.24. The van der Waals surface area contributed by atoms with E-state index >= 15 is 0 Å². The molecule has 5 heteroatoms. The first-order chi connectivity index (χ1) is 8.54. The molecule has 0 aliphatic heterocycles. The van der Waals surface area contributed by atoms with Gasteiger partial charge in [-0.05, 0) is 25.1 Å². The second-order valence-electron chi connectivity index (χ2n) is 3.62. The summed E-state index contributed by atoms with van der Waals surface area (Å²) in [5.41, 5.74) is 0.409. The van der Waals surface area contributed by atoms with Crippen LogP contribution in [0.2, 0.25) is 0 Å². The second-order valence-corrected chi connectivity index (χ2v) is 3.62. The van der Waals surface area contributed by atoms with E-state index in [-0.39, 0.29) is 5.91 Å². The molecule has 2 N–H and O–H groups in total. The number of carboxylic acid groups (broad SMARTS) is 1. The van der Waals surface area contributed by atoms with Crippen LogP contribution < -0.4 is 10.1 Å². The van der Waals surface area contributed by atoms with Crippen LogP contribution in [0, 0.1) is 0 Å². The van der Waals surface area contributed by atoms with E-state index in [1.807, 2.05) is 0 Å². The Morgan fingerprint density at radius 3 is 2.89 bits per heavy atom. The molecule has 18 heavy (non-hydrogen) atoms. The van der Waals surface area contributed by atoms with Crippen LogP contribution in [0.5, 0.6) is 5.75 Å². The Hall–Kier alpha value is -2.30. The van der Waals surface area contributed by atoms with Gasteiger partial charge in [-0.2, -0.15) is 0 Å². The minimum absolute atomic E-state index is 0.261. The van der Waals surface area contributed by atoms with E-state index in [0.717, 1.165) is 0 Å². The van der Waals surface area contributed by atoms with Crippen LogP contribution >= 0.6 is 0 Å². The molecule has 1 unspecified atom stereocenters. The second kappa shape index (κ2) is 6.44. The van der Waals surface area contributed by atoms with Crippen molar-refractivity contribution in [3.63, 3.8) is 0 Å². The zero-order valence-corrected chi connectivity index (χ0v) is 10.1. The number of carboxylic acids is 1. The number of carbonyl (C=O) groups excluding carboxylic acids is 1. The molecule has 1 aromatic carbocycles. The van der Waals surface area contributed by atoms with E-state index in [9.17, 15) is 9.59 Å². The van der Waals surface area contributed by atoms with E-state index in [1.54, 1.807) is 24.3 Å². The van der Waals surface area contributed by atoms with Crippen LogP contribution in [-0.2, 0) is 4.79 Å². The lowest BCUT2D eigenvalue weighted by Gasteiger charge is -2.11. The Kier molecular flexibility index (Phi) is 4.92. The molecule has 0 fully saturated rings. The standard InChI is InChI=1S/C13H15NO4/c1-3-7-14-12(15)10-5-4-6-11(8-10)18-9(2)13(16)17/h3-6,8-9H,1,7H2,2H3,(H,14,15)(H,16,17). The predicted octanol–water partition coefficient (Wildman–Crippen LogP) is 1.45. The summed E-state index contributed by atoms with van der Waals surface area (Å²) in [5, 5.41) is 11.3. The number of aliphatic carboxylic acids is 1. The SMILES string of the molecule is C=CCNC(=O)c1cccc(OC(C)C(=O)O)c1. The van der Waals surface area contributed by atoms with Gasteiger partial charge in [-0.3, -0.25) is 4.79 Å². The highest BCUT2D eigenvalue weighted by Crippen LogP contribution is 2.15. The molecule has 0 heterocycles. The minimum atomic E-state index is -1.06. The van der Waals surface area contributed by atoms with Gasteiger partial charge in [-0.1, -0.05) is 12.1 Å². The van der Waals surface area contributed by atoms with Gasteiger partial charge in [0.15, 0.2) is 6.10 Å². The maximum atomic E-state index is 11.6. The first-order valence-electron chi connectivity index (χ1n) is 5.43. The normalized spacial score (nSPS) is 11.4. The molecule has 1 amide bonds. The Morgan fingerprint density at radius 1 is 1.56 bits per heavy atom. The molecule has 1 aromatic rings. The Bertz CT molecular complexity index is 456. The first kappa shape index (κ1) is 13.8. The zero-order valence-electron chi connectivity index (χ0n) is 10.1. The van der Waals surface area contributed by atoms with Crippen molar-refractivity contribution < 1.29 is 19.4 Å². The predicted molar refractivity (Wildman–Crippen MR) is 66.7 cm³/mol. The smallest absolute Gasteiger partial charge is 0.344 e. The van der Waals surface area contributed by atoms with Crippen molar-refractivity contribution >= 4 is 11.9 Å². The van der Waals surface area contributed by atoms with E-state index in [2.05, 4.69) is 11.9 Å². The lowest BCUT2D eigenvalue weighted by atomic mass is 10.2. The van der Waals surface area contributed by atoms with Crippen LogP contribution in [0.4, 0.5) is 0 Å². The average molecular weight is 249 g/mol. The fraction of sp³-hybridized carbons (Fsp3) is 0.231. The average Bonchev–Trinajstić information content (AvgIpc) is 2.36. The Balaban J connectivity index is 2.75. The summed E-state index contributed by atoms with van der Waals surface area (Å²) in [7, 11) is 0. The molecule has 1 rings (SSSR count). The molecule has 0 bridgehead atoms. The third-order valence-corrected chi connectivity index (χ3v) is 2.16. The fourth-order valence-electron chi connectivity index (χ4n) is 1.23. The van der Waals surface area contributed by atoms with Crippen molar-refractivity contribution in [3.05, 3.63) is 42.5 Å². The number of amides is 1. The van der Waals surface area contributed by atoms with Crippen molar-refractivity contribution in [1.82, 2.24) is 5.32 Å². The number of ether oxygens (including phenoxy) is 1. The fourth-order valence-corrected chi connectivity index (χ4v) is 1.23. The highest BCUT2D eigenvalue weighted by Gasteiger charge is 2.13. The summed E-state index contributed by atoms with van der Waals surface area (Å²) in [6.07, 6.45) is 0.613. The van der Waals surface area contributed by atoms with Gasteiger partial charge in [0.2, 0.25) is 0 Å². The van der Waals surface area contributed by atoms with Gasteiger partial charge in [0, 0.05) is 12.1 Å². The number of rotatable bonds is 6. The highest BCUT2D eigenvalue weighted by atomic mass is 16.5. The summed E-state index contributed by atoms with van der Waals surface area (Å²) >= 11 is 0. The molecule has 0 radical (unpaired) electrons. The molecule has 1 atom stereocenters. The molecule has 96 valence electrons. The number of hydrogen-bond donors (Lipinski definition) is 2. The number of benzene rings is 1. The lowest BCUT2D eigenvalue weighted by molar-refractivity contribution is -0.144. The molecule has 0 aliphatic carbocycles. The molecule has 5 nitrogen and oxygen atoms in total. The maximum Gasteiger partial charge on any atom is 0.344 e. The molecule has 0 aliphatic rings. The number of carbonyl (C=O) groups is 2. The third kappa shape index (κ3) is 3.93. The Morgan fingerprint density at radius 2 is 2.28 bits per heavy atom. The van der Waals surface area contributed by atoms with Crippen LogP contribution in [-0.4, -0.2) is 29.6 Å². The molecular formula is C13H15NO4. The topological polar surface area (TPSA) is 75.6 Å². The van der Waals surface area contributed by atoms with Gasteiger partial charge in [0.05, 0.1) is 0 Å². The van der Waals surface area contributed by atoms with E-state index in [4.69, 9.17) is 9.84 Å². The van der Waals surface area contributed by atoms with Crippen molar-refractivity contribution in [3.8, 4) is 5.75 Å². The summed E-state index contributed by atoms with van der Waals surface area (Å²) in [5.74, 6) is -0.976. The van der Waals surface area contributed by atoms with Gasteiger partial charge < -0.3 is 15.2 Å². The van der Waals surface area contributed by atoms with Crippen molar-refractivity contribution in [1.29, 1.82) is 0 Å². The Labute approximate surface area is 105 Å². The number of hydrogen-bond acceptors (Lipinski definition) is 3. The monoisotopic (exact) mass is 249 g/mol. The molecule has 0 saturated heterocycles. The van der Waals surface area contributed by atoms with Gasteiger partial charge in [0.1, 0.15) is 5.75 Å². The van der Waals surface area contributed by atoms with Crippen LogP contribution in [0.15, 0.2) is 36.9 Å². The minimum Gasteiger partial charge on any atom is -0.479 e.